The number of urea groups is 1. The summed E-state index contributed by atoms with van der Waals surface area (Å²) in [4.78, 5) is 13.6. The first-order valence-electron chi connectivity index (χ1n) is 8.60. The van der Waals surface area contributed by atoms with E-state index in [0.717, 1.165) is 17.7 Å². The van der Waals surface area contributed by atoms with Crippen LogP contribution in [0.5, 0.6) is 11.5 Å². The van der Waals surface area contributed by atoms with Crippen LogP contribution in [-0.2, 0) is 19.1 Å². The molecule has 8 heteroatoms. The number of nitrogens with zero attached hydrogens (tertiary/aromatic N) is 1. The van der Waals surface area contributed by atoms with E-state index in [4.69, 9.17) is 9.47 Å². The van der Waals surface area contributed by atoms with Crippen molar-refractivity contribution in [2.45, 2.75) is 19.1 Å². The van der Waals surface area contributed by atoms with Crippen LogP contribution in [0.2, 0.25) is 0 Å². The van der Waals surface area contributed by atoms with E-state index in [1.807, 2.05) is 6.07 Å². The highest BCUT2D eigenvalue weighted by Gasteiger charge is 2.29. The van der Waals surface area contributed by atoms with Gasteiger partial charge in [-0.05, 0) is 47.9 Å². The molecule has 0 bridgehead atoms. The molecule has 0 aliphatic carbocycles. The number of carbonyl (C=O) groups excluding carboxylic acids is 1. The van der Waals surface area contributed by atoms with Crippen molar-refractivity contribution in [1.82, 2.24) is 10.2 Å². The highest BCUT2D eigenvalue weighted by Crippen LogP contribution is 2.29. The first-order chi connectivity index (χ1) is 13.2. The third kappa shape index (κ3) is 5.80. The maximum atomic E-state index is 12.6. The van der Waals surface area contributed by atoms with Gasteiger partial charge in [0.15, 0.2) is 0 Å². The van der Waals surface area contributed by atoms with Crippen molar-refractivity contribution in [2.24, 2.45) is 0 Å². The molecule has 0 atom stereocenters. The van der Waals surface area contributed by atoms with Crippen LogP contribution in [0.4, 0.5) is 18.0 Å². The summed E-state index contributed by atoms with van der Waals surface area (Å²) in [6, 6.07) is 9.87. The van der Waals surface area contributed by atoms with Crippen LogP contribution in [0, 0.1) is 0 Å². The van der Waals surface area contributed by atoms with Crippen LogP contribution in [0.1, 0.15) is 16.7 Å². The lowest BCUT2D eigenvalue weighted by Crippen LogP contribution is -2.37. The van der Waals surface area contributed by atoms with Gasteiger partial charge in [0.1, 0.15) is 11.5 Å². The minimum Gasteiger partial charge on any atom is -0.497 e. The van der Waals surface area contributed by atoms with Crippen LogP contribution in [0.15, 0.2) is 42.5 Å². The summed E-state index contributed by atoms with van der Waals surface area (Å²) in [5.74, 6) is 1.40. The van der Waals surface area contributed by atoms with Crippen LogP contribution in [0.3, 0.4) is 0 Å². The summed E-state index contributed by atoms with van der Waals surface area (Å²) in [5, 5.41) is 2.79. The minimum absolute atomic E-state index is 0.201. The van der Waals surface area contributed by atoms with Gasteiger partial charge in [-0.3, -0.25) is 0 Å². The van der Waals surface area contributed by atoms with E-state index in [2.05, 4.69) is 5.32 Å². The molecular weight excluding hydrogens is 373 g/mol. The molecule has 0 aliphatic rings. The largest absolute Gasteiger partial charge is 0.497 e. The first kappa shape index (κ1) is 21.4. The number of rotatable bonds is 7. The predicted octanol–water partition coefficient (Wildman–Crippen LogP) is 4.11. The minimum atomic E-state index is -4.37. The van der Waals surface area contributed by atoms with Gasteiger partial charge < -0.3 is 19.7 Å². The Morgan fingerprint density at radius 2 is 1.75 bits per heavy atom. The number of alkyl halides is 3. The predicted molar refractivity (Wildman–Crippen MR) is 99.6 cm³/mol. The maximum Gasteiger partial charge on any atom is 0.416 e. The number of carbonyl (C=O) groups is 1. The molecular formula is C20H23F3N2O3. The van der Waals surface area contributed by atoms with Gasteiger partial charge in [-0.1, -0.05) is 12.1 Å². The lowest BCUT2D eigenvalue weighted by molar-refractivity contribution is -0.137. The molecule has 0 saturated carbocycles. The SMILES string of the molecule is COc1ccc(OC)c(CCNC(=O)N(C)Cc2ccc(C(F)(F)F)cc2)c1. The van der Waals surface area contributed by atoms with E-state index >= 15 is 0 Å². The number of nitrogens with one attached hydrogen (secondary N) is 1. The van der Waals surface area contributed by atoms with Crippen molar-refractivity contribution in [1.29, 1.82) is 0 Å². The van der Waals surface area contributed by atoms with Crippen molar-refractivity contribution in [2.75, 3.05) is 27.8 Å². The highest BCUT2D eigenvalue weighted by atomic mass is 19.4. The Labute approximate surface area is 162 Å². The number of halogens is 3. The van der Waals surface area contributed by atoms with Gasteiger partial charge in [0.05, 0.1) is 19.8 Å². The van der Waals surface area contributed by atoms with E-state index in [1.165, 1.54) is 17.0 Å². The van der Waals surface area contributed by atoms with E-state index < -0.39 is 11.7 Å². The molecule has 0 radical (unpaired) electrons. The molecule has 0 saturated heterocycles. The van der Waals surface area contributed by atoms with Gasteiger partial charge in [0.2, 0.25) is 0 Å². The molecule has 0 unspecified atom stereocenters. The van der Waals surface area contributed by atoms with Crippen molar-refractivity contribution < 1.29 is 27.4 Å². The van der Waals surface area contributed by atoms with Crippen molar-refractivity contribution in [3.05, 3.63) is 59.2 Å². The topological polar surface area (TPSA) is 50.8 Å². The van der Waals surface area contributed by atoms with Gasteiger partial charge in [-0.15, -0.1) is 0 Å². The normalized spacial score (nSPS) is 11.1. The Balaban J connectivity index is 1.88. The van der Waals surface area contributed by atoms with E-state index in [-0.39, 0.29) is 12.6 Å². The van der Waals surface area contributed by atoms with Gasteiger partial charge in [-0.2, -0.15) is 13.2 Å². The zero-order valence-corrected chi connectivity index (χ0v) is 16.0. The van der Waals surface area contributed by atoms with E-state index in [9.17, 15) is 18.0 Å². The second-order valence-corrected chi connectivity index (χ2v) is 6.21. The van der Waals surface area contributed by atoms with E-state index in [0.29, 0.717) is 30.0 Å². The lowest BCUT2D eigenvalue weighted by Gasteiger charge is -2.19. The standard InChI is InChI=1S/C20H23F3N2O3/c1-25(13-14-4-6-16(7-5-14)20(21,22)23)19(26)24-11-10-15-12-17(27-2)8-9-18(15)28-3/h4-9,12H,10-11,13H2,1-3H3,(H,24,26). The average molecular weight is 396 g/mol. The quantitative estimate of drug-likeness (QED) is 0.767. The van der Waals surface area contributed by atoms with Gasteiger partial charge in [0, 0.05) is 20.1 Å². The molecule has 5 nitrogen and oxygen atoms in total. The Hall–Kier alpha value is -2.90. The third-order valence-corrected chi connectivity index (χ3v) is 4.21. The number of hydrogen-bond donors (Lipinski definition) is 1. The highest BCUT2D eigenvalue weighted by molar-refractivity contribution is 5.73. The second kappa shape index (κ2) is 9.34. The molecule has 28 heavy (non-hydrogen) atoms. The molecule has 2 aromatic rings. The number of benzene rings is 2. The Kier molecular flexibility index (Phi) is 7.14. The summed E-state index contributed by atoms with van der Waals surface area (Å²) in [7, 11) is 4.73. The third-order valence-electron chi connectivity index (χ3n) is 4.21. The monoisotopic (exact) mass is 396 g/mol. The van der Waals surface area contributed by atoms with Crippen molar-refractivity contribution >= 4 is 6.03 Å². The summed E-state index contributed by atoms with van der Waals surface area (Å²) in [6.07, 6.45) is -3.83. The number of amides is 2. The molecule has 2 aromatic carbocycles. The molecule has 152 valence electrons. The summed E-state index contributed by atoms with van der Waals surface area (Å²) in [6.45, 7) is 0.576. The van der Waals surface area contributed by atoms with Gasteiger partial charge in [0.25, 0.3) is 0 Å². The van der Waals surface area contributed by atoms with Crippen molar-refractivity contribution in [3.63, 3.8) is 0 Å². The smallest absolute Gasteiger partial charge is 0.416 e. The molecule has 2 rings (SSSR count). The van der Waals surface area contributed by atoms with Gasteiger partial charge in [-0.25, -0.2) is 4.79 Å². The zero-order chi connectivity index (χ0) is 20.7. The Bertz CT molecular complexity index is 792. The average Bonchev–Trinajstić information content (AvgIpc) is 2.67. The van der Waals surface area contributed by atoms with Crippen LogP contribution in [-0.4, -0.2) is 38.7 Å². The Morgan fingerprint density at radius 3 is 2.32 bits per heavy atom. The summed E-state index contributed by atoms with van der Waals surface area (Å²) >= 11 is 0. The Morgan fingerprint density at radius 1 is 1.07 bits per heavy atom. The second-order valence-electron chi connectivity index (χ2n) is 6.21. The molecule has 2 amide bonds. The molecule has 0 aliphatic heterocycles. The molecule has 0 fully saturated rings. The van der Waals surface area contributed by atoms with Crippen molar-refractivity contribution in [3.8, 4) is 11.5 Å². The molecule has 0 heterocycles. The molecule has 0 aromatic heterocycles. The maximum absolute atomic E-state index is 12.6. The first-order valence-corrected chi connectivity index (χ1v) is 8.60. The summed E-state index contributed by atoms with van der Waals surface area (Å²) < 4.78 is 48.3. The molecule has 0 spiro atoms. The molecule has 1 N–H and O–H groups in total. The van der Waals surface area contributed by atoms with Crippen LogP contribution in [0.25, 0.3) is 0 Å². The number of methoxy groups -OCH3 is 2. The number of ether oxygens (including phenoxy) is 2. The van der Waals surface area contributed by atoms with Crippen LogP contribution >= 0.6 is 0 Å². The van der Waals surface area contributed by atoms with E-state index in [1.54, 1.807) is 33.4 Å². The summed E-state index contributed by atoms with van der Waals surface area (Å²) in [5.41, 5.74) is 0.795. The van der Waals surface area contributed by atoms with Gasteiger partial charge >= 0.3 is 12.2 Å². The number of hydrogen-bond acceptors (Lipinski definition) is 3. The lowest BCUT2D eigenvalue weighted by atomic mass is 10.1. The fourth-order valence-electron chi connectivity index (χ4n) is 2.66. The fraction of sp³-hybridized carbons (Fsp3) is 0.350. The zero-order valence-electron chi connectivity index (χ0n) is 16.0. The fourth-order valence-corrected chi connectivity index (χ4v) is 2.66. The van der Waals surface area contributed by atoms with Crippen LogP contribution < -0.4 is 14.8 Å².